The van der Waals surface area contributed by atoms with Crippen molar-refractivity contribution in [2.24, 2.45) is 5.92 Å². The SMILES string of the molecule is O=C(O)CN(CC1CC1)C1CC(NC(=O)COc2ccc(F)cc2F)C1. The number of nitrogens with one attached hydrogen (secondary N) is 1. The van der Waals surface area contributed by atoms with Crippen LogP contribution < -0.4 is 10.1 Å². The summed E-state index contributed by atoms with van der Waals surface area (Å²) in [5.41, 5.74) is 0. The summed E-state index contributed by atoms with van der Waals surface area (Å²) < 4.78 is 31.3. The lowest BCUT2D eigenvalue weighted by Gasteiger charge is -2.42. The number of carboxylic acids is 1. The second kappa shape index (κ2) is 7.99. The summed E-state index contributed by atoms with van der Waals surface area (Å²) in [5, 5.41) is 11.8. The maximum atomic E-state index is 13.4. The fourth-order valence-electron chi connectivity index (χ4n) is 3.16. The molecule has 0 aromatic heterocycles. The molecule has 8 heteroatoms. The van der Waals surface area contributed by atoms with Crippen LogP contribution in [0.4, 0.5) is 8.78 Å². The predicted octanol–water partition coefficient (Wildman–Crippen LogP) is 1.79. The lowest BCUT2D eigenvalue weighted by Crippen LogP contribution is -2.55. The average Bonchev–Trinajstić information content (AvgIpc) is 3.32. The number of hydrogen-bond acceptors (Lipinski definition) is 4. The predicted molar refractivity (Wildman–Crippen MR) is 88.7 cm³/mol. The highest BCUT2D eigenvalue weighted by molar-refractivity contribution is 5.78. The van der Waals surface area contributed by atoms with E-state index in [-0.39, 0.29) is 36.9 Å². The molecule has 6 nitrogen and oxygen atoms in total. The number of carboxylic acid groups (broad SMARTS) is 1. The van der Waals surface area contributed by atoms with Gasteiger partial charge in [-0.1, -0.05) is 0 Å². The van der Waals surface area contributed by atoms with Gasteiger partial charge in [-0.05, 0) is 43.7 Å². The van der Waals surface area contributed by atoms with Crippen molar-refractivity contribution in [2.45, 2.75) is 37.8 Å². The molecule has 2 aliphatic rings. The molecule has 0 heterocycles. The Balaban J connectivity index is 1.40. The van der Waals surface area contributed by atoms with Gasteiger partial charge in [-0.15, -0.1) is 0 Å². The maximum Gasteiger partial charge on any atom is 0.317 e. The average molecular weight is 368 g/mol. The Morgan fingerprint density at radius 1 is 1.27 bits per heavy atom. The third-order valence-corrected chi connectivity index (χ3v) is 4.78. The van der Waals surface area contributed by atoms with Crippen molar-refractivity contribution in [2.75, 3.05) is 19.7 Å². The number of carbonyl (C=O) groups excluding carboxylic acids is 1. The summed E-state index contributed by atoms with van der Waals surface area (Å²) >= 11 is 0. The molecule has 3 rings (SSSR count). The van der Waals surface area contributed by atoms with Crippen LogP contribution in [0.2, 0.25) is 0 Å². The zero-order valence-electron chi connectivity index (χ0n) is 14.3. The highest BCUT2D eigenvalue weighted by Gasteiger charge is 2.37. The van der Waals surface area contributed by atoms with E-state index in [2.05, 4.69) is 5.32 Å². The van der Waals surface area contributed by atoms with Crippen molar-refractivity contribution in [3.05, 3.63) is 29.8 Å². The van der Waals surface area contributed by atoms with Gasteiger partial charge >= 0.3 is 5.97 Å². The summed E-state index contributed by atoms with van der Waals surface area (Å²) in [7, 11) is 0. The van der Waals surface area contributed by atoms with Gasteiger partial charge in [0.1, 0.15) is 5.82 Å². The number of rotatable bonds is 9. The summed E-state index contributed by atoms with van der Waals surface area (Å²) in [6.07, 6.45) is 3.69. The van der Waals surface area contributed by atoms with Crippen LogP contribution in [-0.4, -0.2) is 53.7 Å². The molecular formula is C18H22F2N2O4. The number of aliphatic carboxylic acids is 1. The number of carbonyl (C=O) groups is 2. The van der Waals surface area contributed by atoms with Crippen molar-refractivity contribution in [1.29, 1.82) is 0 Å². The normalized spacial score (nSPS) is 22.0. The standard InChI is InChI=1S/C18H22F2N2O4/c19-12-3-4-16(15(20)5-12)26-10-17(23)21-13-6-14(7-13)22(9-18(24)25)8-11-1-2-11/h3-5,11,13-14H,1-2,6-10H2,(H,21,23)(H,24,25). The molecule has 0 unspecified atom stereocenters. The first kappa shape index (κ1) is 18.6. The largest absolute Gasteiger partial charge is 0.481 e. The fraction of sp³-hybridized carbons (Fsp3) is 0.556. The molecule has 2 aliphatic carbocycles. The van der Waals surface area contributed by atoms with E-state index in [9.17, 15) is 18.4 Å². The van der Waals surface area contributed by atoms with Gasteiger partial charge < -0.3 is 15.2 Å². The highest BCUT2D eigenvalue weighted by atomic mass is 19.1. The third kappa shape index (κ3) is 5.14. The molecule has 0 spiro atoms. The van der Waals surface area contributed by atoms with Crippen LogP contribution in [0, 0.1) is 17.6 Å². The van der Waals surface area contributed by atoms with E-state index in [1.54, 1.807) is 0 Å². The minimum absolute atomic E-state index is 0.0226. The van der Waals surface area contributed by atoms with Crippen LogP contribution in [-0.2, 0) is 9.59 Å². The lowest BCUT2D eigenvalue weighted by atomic mass is 9.85. The quantitative estimate of drug-likeness (QED) is 0.695. The first-order valence-electron chi connectivity index (χ1n) is 8.73. The summed E-state index contributed by atoms with van der Waals surface area (Å²) in [6, 6.07) is 3.01. The minimum Gasteiger partial charge on any atom is -0.481 e. The van der Waals surface area contributed by atoms with Crippen LogP contribution in [0.25, 0.3) is 0 Å². The van der Waals surface area contributed by atoms with Crippen molar-refractivity contribution in [3.63, 3.8) is 0 Å². The molecule has 1 aromatic carbocycles. The third-order valence-electron chi connectivity index (χ3n) is 4.78. The van der Waals surface area contributed by atoms with E-state index in [0.717, 1.165) is 31.5 Å². The molecule has 1 aromatic rings. The smallest absolute Gasteiger partial charge is 0.317 e. The molecular weight excluding hydrogens is 346 g/mol. The van der Waals surface area contributed by atoms with Gasteiger partial charge in [0.25, 0.3) is 5.91 Å². The van der Waals surface area contributed by atoms with Crippen LogP contribution in [0.15, 0.2) is 18.2 Å². The van der Waals surface area contributed by atoms with E-state index in [0.29, 0.717) is 24.8 Å². The number of hydrogen-bond donors (Lipinski definition) is 2. The molecule has 0 bridgehead atoms. The van der Waals surface area contributed by atoms with E-state index in [1.807, 2.05) is 4.90 Å². The molecule has 0 radical (unpaired) electrons. The first-order valence-corrected chi connectivity index (χ1v) is 8.73. The molecule has 2 N–H and O–H groups in total. The molecule has 1 amide bonds. The number of amides is 1. The zero-order chi connectivity index (χ0) is 18.7. The van der Waals surface area contributed by atoms with E-state index in [4.69, 9.17) is 9.84 Å². The highest BCUT2D eigenvalue weighted by Crippen LogP contribution is 2.33. The van der Waals surface area contributed by atoms with Gasteiger partial charge in [0.15, 0.2) is 18.2 Å². The van der Waals surface area contributed by atoms with Gasteiger partial charge in [0.2, 0.25) is 0 Å². The molecule has 0 saturated heterocycles. The summed E-state index contributed by atoms with van der Waals surface area (Å²) in [4.78, 5) is 24.9. The van der Waals surface area contributed by atoms with E-state index in [1.165, 1.54) is 0 Å². The van der Waals surface area contributed by atoms with Crippen LogP contribution in [0.1, 0.15) is 25.7 Å². The zero-order valence-corrected chi connectivity index (χ0v) is 14.3. The number of benzene rings is 1. The Hall–Kier alpha value is -2.22. The van der Waals surface area contributed by atoms with Crippen LogP contribution >= 0.6 is 0 Å². The lowest BCUT2D eigenvalue weighted by molar-refractivity contribution is -0.140. The van der Waals surface area contributed by atoms with Crippen LogP contribution in [0.3, 0.4) is 0 Å². The number of halogens is 2. The Kier molecular flexibility index (Phi) is 5.70. The molecule has 0 aliphatic heterocycles. The molecule has 2 saturated carbocycles. The van der Waals surface area contributed by atoms with Crippen molar-refractivity contribution >= 4 is 11.9 Å². The number of nitrogens with zero attached hydrogens (tertiary/aromatic N) is 1. The Morgan fingerprint density at radius 2 is 2.00 bits per heavy atom. The monoisotopic (exact) mass is 368 g/mol. The molecule has 2 fully saturated rings. The van der Waals surface area contributed by atoms with Gasteiger partial charge in [-0.3, -0.25) is 14.5 Å². The van der Waals surface area contributed by atoms with Crippen LogP contribution in [0.5, 0.6) is 5.75 Å². The van der Waals surface area contributed by atoms with Crippen molar-refractivity contribution in [1.82, 2.24) is 10.2 Å². The van der Waals surface area contributed by atoms with Crippen molar-refractivity contribution < 1.29 is 28.2 Å². The van der Waals surface area contributed by atoms with E-state index < -0.39 is 17.6 Å². The molecule has 26 heavy (non-hydrogen) atoms. The van der Waals surface area contributed by atoms with Gasteiger partial charge in [0.05, 0.1) is 6.54 Å². The van der Waals surface area contributed by atoms with E-state index >= 15 is 0 Å². The first-order chi connectivity index (χ1) is 12.4. The van der Waals surface area contributed by atoms with Gasteiger partial charge in [-0.2, -0.15) is 0 Å². The Bertz CT molecular complexity index is 675. The summed E-state index contributed by atoms with van der Waals surface area (Å²) in [6.45, 7) is 0.462. The maximum absolute atomic E-state index is 13.4. The molecule has 142 valence electrons. The Morgan fingerprint density at radius 3 is 2.62 bits per heavy atom. The minimum atomic E-state index is -0.856. The second-order valence-corrected chi connectivity index (χ2v) is 7.02. The fourth-order valence-corrected chi connectivity index (χ4v) is 3.16. The van der Waals surface area contributed by atoms with Gasteiger partial charge in [-0.25, -0.2) is 8.78 Å². The summed E-state index contributed by atoms with van der Waals surface area (Å²) in [5.74, 6) is -2.37. The number of ether oxygens (including phenoxy) is 1. The van der Waals surface area contributed by atoms with Crippen molar-refractivity contribution in [3.8, 4) is 5.75 Å². The molecule has 0 atom stereocenters. The Labute approximate surface area is 150 Å². The van der Waals surface area contributed by atoms with Gasteiger partial charge in [0, 0.05) is 24.7 Å². The topological polar surface area (TPSA) is 78.9 Å². The second-order valence-electron chi connectivity index (χ2n) is 7.02.